The first kappa shape index (κ1) is 92.9. The Labute approximate surface area is 676 Å². The van der Waals surface area contributed by atoms with Crippen LogP contribution < -0.4 is 19.4 Å². The van der Waals surface area contributed by atoms with Gasteiger partial charge >= 0.3 is 73.9 Å². The Morgan fingerprint density at radius 1 is 0.372 bits per heavy atom. The van der Waals surface area contributed by atoms with Crippen molar-refractivity contribution in [2.75, 3.05) is 119 Å². The third-order valence-electron chi connectivity index (χ3n) is 25.8. The van der Waals surface area contributed by atoms with E-state index in [1.54, 1.807) is 14.7 Å². The van der Waals surface area contributed by atoms with Crippen LogP contribution in [0.5, 0.6) is 0 Å². The second kappa shape index (κ2) is 33.9. The molecule has 9 aliphatic heterocycles. The molecule has 12 rings (SSSR count). The van der Waals surface area contributed by atoms with E-state index in [0.29, 0.717) is 51.6 Å². The molecule has 9 fully saturated rings. The summed E-state index contributed by atoms with van der Waals surface area (Å²) in [5, 5.41) is 0. The highest BCUT2D eigenvalue weighted by Crippen LogP contribution is 2.53. The van der Waals surface area contributed by atoms with E-state index in [-0.39, 0.29) is 197 Å². The second-order valence-corrected chi connectivity index (χ2v) is 35.2. The van der Waals surface area contributed by atoms with Crippen LogP contribution >= 0.6 is 0 Å². The fourth-order valence-corrected chi connectivity index (χ4v) is 20.4. The van der Waals surface area contributed by atoms with Crippen molar-refractivity contribution in [3.05, 3.63) is 88.0 Å². The van der Waals surface area contributed by atoms with Gasteiger partial charge in [0, 0.05) is 151 Å². The van der Waals surface area contributed by atoms with Crippen LogP contribution in [0, 0.1) is 23.7 Å². The molecular weight excluding hydrogens is 1710 g/mol. The number of nitrogens with zero attached hydrogens (tertiary/aromatic N) is 9. The first-order valence-electron chi connectivity index (χ1n) is 39.2. The Hall–Kier alpha value is -7.23. The minimum Gasteiger partial charge on any atom is -0.426 e. The van der Waals surface area contributed by atoms with E-state index >= 15 is 13.2 Å². The van der Waals surface area contributed by atoms with E-state index in [1.165, 1.54) is 18.2 Å². The third kappa shape index (κ3) is 21.3. The summed E-state index contributed by atoms with van der Waals surface area (Å²) in [6.45, 7) is -1.98. The molecule has 121 heavy (non-hydrogen) atoms. The van der Waals surface area contributed by atoms with Crippen molar-refractivity contribution < 1.29 is 156 Å². The van der Waals surface area contributed by atoms with E-state index in [9.17, 15) is 128 Å². The summed E-state index contributed by atoms with van der Waals surface area (Å²) in [4.78, 5) is 52.1. The number of carbonyl (C=O) groups is 3. The molecule has 3 unspecified atom stereocenters. The second-order valence-electron chi connectivity index (χ2n) is 33.4. The maximum atomic E-state index is 15.1. The molecule has 0 radical (unpaired) electrons. The highest BCUT2D eigenvalue weighted by molar-refractivity contribution is 7.88. The molecule has 18 nitrogen and oxygen atoms in total. The number of amides is 3. The van der Waals surface area contributed by atoms with Gasteiger partial charge in [0.05, 0.1) is 22.9 Å². The molecule has 3 amide bonds. The van der Waals surface area contributed by atoms with Crippen LogP contribution in [0.3, 0.4) is 0 Å². The molecule has 9 aliphatic rings. The summed E-state index contributed by atoms with van der Waals surface area (Å²) < 4.78 is 417. The minimum absolute atomic E-state index is 0.0185. The zero-order chi connectivity index (χ0) is 88.8. The average molecular weight is 1800 g/mol. The lowest BCUT2D eigenvalue weighted by atomic mass is 9.77. The Kier molecular flexibility index (Phi) is 26.1. The van der Waals surface area contributed by atoms with E-state index in [4.69, 9.17) is 0 Å². The molecule has 3 aromatic rings. The van der Waals surface area contributed by atoms with Crippen molar-refractivity contribution in [2.24, 2.45) is 23.7 Å². The zero-order valence-corrected chi connectivity index (χ0v) is 65.4. The lowest BCUT2D eigenvalue weighted by Crippen LogP contribution is -2.55. The number of anilines is 3. The molecule has 9 saturated heterocycles. The summed E-state index contributed by atoms with van der Waals surface area (Å²) >= 11 is 0. The van der Waals surface area contributed by atoms with Crippen LogP contribution in [-0.4, -0.2) is 239 Å². The van der Waals surface area contributed by atoms with Crippen molar-refractivity contribution in [1.29, 1.82) is 0 Å². The van der Waals surface area contributed by atoms with Crippen molar-refractivity contribution >= 4 is 45.4 Å². The number of hydrogen-bond acceptors (Lipinski definition) is 14. The predicted molar refractivity (Wildman–Crippen MR) is 377 cm³/mol. The molecule has 9 heterocycles. The first-order chi connectivity index (χ1) is 55.8. The highest BCUT2D eigenvalue weighted by atomic mass is 32.2. The van der Waals surface area contributed by atoms with Gasteiger partial charge in [-0.3, -0.25) is 14.7 Å². The van der Waals surface area contributed by atoms with Crippen molar-refractivity contribution in [3.8, 4) is 0 Å². The van der Waals surface area contributed by atoms with Gasteiger partial charge in [0.2, 0.25) is 10.0 Å². The summed E-state index contributed by atoms with van der Waals surface area (Å²) in [7, 11) is -3.70. The molecule has 3 atom stereocenters. The van der Waals surface area contributed by atoms with E-state index < -0.39 is 180 Å². The largest absolute Gasteiger partial charge is 0.434 e. The number of nitrogens with one attached hydrogen (secondary N) is 1. The zero-order valence-electron chi connectivity index (χ0n) is 64.6. The monoisotopic (exact) mass is 1800 g/mol. The van der Waals surface area contributed by atoms with Crippen molar-refractivity contribution in [2.45, 2.75) is 213 Å². The lowest BCUT2D eigenvalue weighted by Gasteiger charge is -2.47. The molecule has 0 aliphatic carbocycles. The molecule has 680 valence electrons. The highest BCUT2D eigenvalue weighted by Gasteiger charge is 2.64. The van der Waals surface area contributed by atoms with Crippen LogP contribution in [0.1, 0.15) is 130 Å². The topological polar surface area (TPSA) is 154 Å². The molecule has 46 heteroatoms. The van der Waals surface area contributed by atoms with Gasteiger partial charge in [0.15, 0.2) is 0 Å². The van der Waals surface area contributed by atoms with Crippen LogP contribution in [-0.2, 0) is 62.4 Å². The Morgan fingerprint density at radius 3 is 1.04 bits per heavy atom. The van der Waals surface area contributed by atoms with Gasteiger partial charge < -0.3 is 43.6 Å². The lowest BCUT2D eigenvalue weighted by molar-refractivity contribution is -0.309. The van der Waals surface area contributed by atoms with E-state index in [0.717, 1.165) is 42.7 Å². The fourth-order valence-electron chi connectivity index (χ4n) is 19.6. The summed E-state index contributed by atoms with van der Waals surface area (Å²) in [6, 6.07) is 8.55. The molecule has 0 aromatic heterocycles. The Balaban J connectivity index is 0.800. The number of alkyl halides is 27. The number of ether oxygens (including phenoxy) is 3. The molecule has 0 saturated carbocycles. The SMILES string of the molecule is CS(=O)(=O)NC1CCN(c2cc(C(F)(F)F)ccc2CN2CC(C3CCCN(c4cc(C(F)(F)F)ccc4CN4CC(C5CN(c6cc(C(F)(F)F)ccc6CN6CCCC67CCN(C(=O)OC(C(F)(F)F)C(F)(F)F)CC7)C5)CC45CCN(C(=O)OC(C(F)(F)F)C(F)(F)F)CC5)CC3)CC23CCN(C(=O)OC(C(F)(F)F)C(F)(F)F)CC3)CC1. The maximum Gasteiger partial charge on any atom is 0.434 e. The van der Waals surface area contributed by atoms with Gasteiger partial charge in [-0.15, -0.1) is 0 Å². The molecule has 3 aromatic carbocycles. The van der Waals surface area contributed by atoms with Gasteiger partial charge in [-0.05, 0) is 180 Å². The van der Waals surface area contributed by atoms with Gasteiger partial charge in [-0.2, -0.15) is 119 Å². The normalized spacial score (nSPS) is 23.4. The fraction of sp³-hybridized carbons (Fsp3) is 0.720. The standard InChI is InChI=1S/C75H87F27N10O8S/c1-121(116,117)103-54-12-24-105(25-13-54)56-33-52(68(79,80)81)10-7-47(56)41-111-42-48(35-65(111)17-28-107(29-18-65)62(114)119-59(72(91,92)93)73(94,95)96)44-4-2-21-104(23-11-44)55-32-51(67(76,77)78)9-6-46(55)40-112-43-49(36-66(112)19-30-108(31-20-66)63(115)120-60(74(97,98)99)75(100,101)102)50-37-109(38-50)57-34-53(69(82,83)84)8-5-45(57)39-110-22-3-14-64(110)15-26-106(27-16-64)61(113)118-58(70(85,86)87)71(88,89)90/h5-10,32-34,44,48-50,54,58-60,103H,2-4,11-31,35-43H2,1H3. The number of sulfonamides is 1. The van der Waals surface area contributed by atoms with E-state index in [2.05, 4.69) is 18.9 Å². The van der Waals surface area contributed by atoms with Crippen LogP contribution in [0.25, 0.3) is 0 Å². The number of rotatable bonds is 16. The number of hydrogen-bond donors (Lipinski definition) is 1. The third-order valence-corrected chi connectivity index (χ3v) is 26.6. The van der Waals surface area contributed by atoms with E-state index in [1.807, 2.05) is 14.7 Å². The summed E-state index contributed by atoms with van der Waals surface area (Å²) in [5.41, 5.74) is -4.89. The van der Waals surface area contributed by atoms with Crippen LogP contribution in [0.2, 0.25) is 0 Å². The molecular formula is C75H87F27N10O8S. The van der Waals surface area contributed by atoms with Crippen LogP contribution in [0.4, 0.5) is 150 Å². The van der Waals surface area contributed by atoms with Crippen molar-refractivity contribution in [1.82, 2.24) is 34.1 Å². The number of likely N-dealkylation sites (tertiary alicyclic amines) is 6. The van der Waals surface area contributed by atoms with Gasteiger partial charge in [0.25, 0.3) is 18.3 Å². The summed E-state index contributed by atoms with van der Waals surface area (Å²) in [5.74, 6) is -1.57. The van der Waals surface area contributed by atoms with Gasteiger partial charge in [0.1, 0.15) is 0 Å². The number of halogens is 27. The molecule has 1 N–H and O–H groups in total. The number of piperidine rings is 4. The molecule has 0 bridgehead atoms. The minimum atomic E-state index is -6.10. The Morgan fingerprint density at radius 2 is 0.694 bits per heavy atom. The average Bonchev–Trinajstić information content (AvgIpc) is 1.63. The smallest absolute Gasteiger partial charge is 0.426 e. The maximum absolute atomic E-state index is 15.1. The quantitative estimate of drug-likeness (QED) is 0.107. The van der Waals surface area contributed by atoms with Crippen molar-refractivity contribution in [3.63, 3.8) is 0 Å². The summed E-state index contributed by atoms with van der Waals surface area (Å²) in [6.07, 6.45) is -67.2. The van der Waals surface area contributed by atoms with Gasteiger partial charge in [-0.1, -0.05) is 18.2 Å². The molecule has 3 spiro atoms. The van der Waals surface area contributed by atoms with Crippen LogP contribution in [0.15, 0.2) is 54.6 Å². The number of carbonyl (C=O) groups excluding carboxylic acids is 3. The first-order valence-corrected chi connectivity index (χ1v) is 41.1. The van der Waals surface area contributed by atoms with Gasteiger partial charge in [-0.25, -0.2) is 27.5 Å². The number of benzene rings is 3. The Bertz CT molecular complexity index is 4230. The predicted octanol–water partition coefficient (Wildman–Crippen LogP) is 17.3.